The summed E-state index contributed by atoms with van der Waals surface area (Å²) in [6.45, 7) is 0. The number of phenols is 1. The molecule has 3 heterocycles. The van der Waals surface area contributed by atoms with Crippen LogP contribution in [0.3, 0.4) is 0 Å². The highest BCUT2D eigenvalue weighted by molar-refractivity contribution is 5.91. The molecule has 0 bridgehead atoms. The van der Waals surface area contributed by atoms with Gasteiger partial charge in [-0.1, -0.05) is 23.4 Å². The summed E-state index contributed by atoms with van der Waals surface area (Å²) in [6.07, 6.45) is 4.25. The first-order chi connectivity index (χ1) is 15.0. The van der Waals surface area contributed by atoms with Crippen LogP contribution < -0.4 is 0 Å². The van der Waals surface area contributed by atoms with Crippen LogP contribution in [0.15, 0.2) is 54.9 Å². The van der Waals surface area contributed by atoms with E-state index in [9.17, 15) is 9.90 Å². The first-order valence-corrected chi connectivity index (χ1v) is 9.84. The Balaban J connectivity index is 1.57. The maximum atomic E-state index is 12.4. The molecule has 0 aliphatic heterocycles. The third-order valence-electron chi connectivity index (χ3n) is 5.45. The Morgan fingerprint density at radius 1 is 1.19 bits per heavy atom. The number of pyridine rings is 1. The quantitative estimate of drug-likeness (QED) is 0.498. The summed E-state index contributed by atoms with van der Waals surface area (Å²) in [4.78, 5) is 17.2. The molecule has 5 rings (SSSR count). The molecular weight excluding hydrogens is 396 g/mol. The van der Waals surface area contributed by atoms with Gasteiger partial charge in [-0.05, 0) is 30.7 Å². The Morgan fingerprint density at radius 2 is 2.03 bits per heavy atom. The van der Waals surface area contributed by atoms with Gasteiger partial charge in [0, 0.05) is 30.6 Å². The number of hydrogen-bond donors (Lipinski definition) is 1. The van der Waals surface area contributed by atoms with E-state index in [-0.39, 0.29) is 17.6 Å². The van der Waals surface area contributed by atoms with Gasteiger partial charge in [-0.15, -0.1) is 5.10 Å². The van der Waals surface area contributed by atoms with Crippen molar-refractivity contribution in [2.45, 2.75) is 18.3 Å². The van der Waals surface area contributed by atoms with E-state index in [1.165, 1.54) is 13.3 Å². The highest BCUT2D eigenvalue weighted by Crippen LogP contribution is 2.55. The maximum Gasteiger partial charge on any atom is 0.341 e. The van der Waals surface area contributed by atoms with Gasteiger partial charge in [-0.2, -0.15) is 5.10 Å². The first-order valence-electron chi connectivity index (χ1n) is 9.84. The van der Waals surface area contributed by atoms with Gasteiger partial charge in [-0.25, -0.2) is 14.5 Å². The largest absolute Gasteiger partial charge is 0.508 e. The molecule has 1 aliphatic rings. The van der Waals surface area contributed by atoms with Gasteiger partial charge >= 0.3 is 5.97 Å². The topological polar surface area (TPSA) is 108 Å². The predicted octanol–water partition coefficient (Wildman–Crippen LogP) is 2.83. The Bertz CT molecular complexity index is 1280. The number of aromatic nitrogens is 6. The van der Waals surface area contributed by atoms with Crippen LogP contribution >= 0.6 is 0 Å². The lowest BCUT2D eigenvalue weighted by Gasteiger charge is -2.10. The molecule has 1 N–H and O–H groups in total. The van der Waals surface area contributed by atoms with Crippen molar-refractivity contribution in [3.63, 3.8) is 0 Å². The average Bonchev–Trinajstić information content (AvgIpc) is 3.23. The highest BCUT2D eigenvalue weighted by Gasteiger charge is 2.46. The molecule has 31 heavy (non-hydrogen) atoms. The smallest absolute Gasteiger partial charge is 0.341 e. The fourth-order valence-electron chi connectivity index (χ4n) is 3.89. The van der Waals surface area contributed by atoms with Gasteiger partial charge in [0.1, 0.15) is 11.3 Å². The van der Waals surface area contributed by atoms with E-state index in [0.717, 1.165) is 23.4 Å². The number of rotatable bonds is 5. The Hall–Kier alpha value is -4.01. The molecule has 9 heteroatoms. The third kappa shape index (κ3) is 3.43. The van der Waals surface area contributed by atoms with Gasteiger partial charge in [0.2, 0.25) is 0 Å². The first kappa shape index (κ1) is 19.0. The van der Waals surface area contributed by atoms with Crippen LogP contribution in [0, 0.1) is 0 Å². The van der Waals surface area contributed by atoms with E-state index in [1.807, 2.05) is 37.5 Å². The van der Waals surface area contributed by atoms with Gasteiger partial charge < -0.3 is 9.84 Å². The van der Waals surface area contributed by atoms with Crippen molar-refractivity contribution in [3.8, 4) is 22.8 Å². The molecule has 156 valence electrons. The molecule has 0 radical (unpaired) electrons. The molecule has 0 amide bonds. The van der Waals surface area contributed by atoms with Crippen LogP contribution in [0.2, 0.25) is 0 Å². The lowest BCUT2D eigenvalue weighted by Crippen LogP contribution is -2.09. The Kier molecular flexibility index (Phi) is 4.50. The minimum absolute atomic E-state index is 0.0551. The number of aryl methyl sites for hydroxylation is 1. The molecule has 1 saturated carbocycles. The number of hydrogen-bond acceptors (Lipinski definition) is 7. The van der Waals surface area contributed by atoms with Crippen LogP contribution in [0.4, 0.5) is 0 Å². The standard InChI is InChI=1S/C22H20N6O3/c1-27-12-19(25-26-27)15-10-16(15)21-17(22(30)31-2)11-23-28(21)20-8-4-7-18(24-20)13-5-3-6-14(29)9-13/h3-9,11-12,15-16,29H,10H2,1-2H3. The molecule has 2 atom stereocenters. The summed E-state index contributed by atoms with van der Waals surface area (Å²) in [6, 6.07) is 12.5. The Morgan fingerprint density at radius 3 is 2.77 bits per heavy atom. The van der Waals surface area contributed by atoms with Crippen molar-refractivity contribution in [3.05, 3.63) is 71.8 Å². The molecule has 1 aliphatic carbocycles. The average molecular weight is 416 g/mol. The number of carbonyl (C=O) groups excluding carboxylic acids is 1. The molecule has 9 nitrogen and oxygen atoms in total. The van der Waals surface area contributed by atoms with Crippen LogP contribution in [0.5, 0.6) is 5.75 Å². The van der Waals surface area contributed by atoms with E-state index in [0.29, 0.717) is 17.1 Å². The number of methoxy groups -OCH3 is 1. The van der Waals surface area contributed by atoms with Crippen molar-refractivity contribution in [2.24, 2.45) is 7.05 Å². The summed E-state index contributed by atoms with van der Waals surface area (Å²) >= 11 is 0. The van der Waals surface area contributed by atoms with Gasteiger partial charge in [0.15, 0.2) is 5.82 Å². The zero-order valence-electron chi connectivity index (χ0n) is 17.0. The van der Waals surface area contributed by atoms with Crippen LogP contribution in [0.25, 0.3) is 17.1 Å². The predicted molar refractivity (Wildman–Crippen MR) is 111 cm³/mol. The van der Waals surface area contributed by atoms with E-state index < -0.39 is 5.97 Å². The minimum Gasteiger partial charge on any atom is -0.508 e. The minimum atomic E-state index is -0.435. The highest BCUT2D eigenvalue weighted by atomic mass is 16.5. The summed E-state index contributed by atoms with van der Waals surface area (Å²) in [5, 5.41) is 22.5. The normalized spacial score (nSPS) is 17.5. The van der Waals surface area contributed by atoms with E-state index in [1.54, 1.807) is 27.6 Å². The fourth-order valence-corrected chi connectivity index (χ4v) is 3.89. The van der Waals surface area contributed by atoms with Crippen LogP contribution in [-0.2, 0) is 11.8 Å². The molecule has 4 aromatic rings. The zero-order chi connectivity index (χ0) is 21.5. The molecule has 2 unspecified atom stereocenters. The second kappa shape index (κ2) is 7.35. The summed E-state index contributed by atoms with van der Waals surface area (Å²) in [5.41, 5.74) is 3.53. The SMILES string of the molecule is COC(=O)c1cnn(-c2cccc(-c3cccc(O)c3)n2)c1C1CC1c1cn(C)nn1. The Labute approximate surface area is 177 Å². The number of aromatic hydroxyl groups is 1. The molecule has 3 aromatic heterocycles. The van der Waals surface area contributed by atoms with Gasteiger partial charge in [0.25, 0.3) is 0 Å². The molecule has 1 fully saturated rings. The third-order valence-corrected chi connectivity index (χ3v) is 5.45. The number of ether oxygens (including phenoxy) is 1. The van der Waals surface area contributed by atoms with Gasteiger partial charge in [-0.3, -0.25) is 4.68 Å². The van der Waals surface area contributed by atoms with Crippen molar-refractivity contribution in [2.75, 3.05) is 7.11 Å². The second-order valence-electron chi connectivity index (χ2n) is 7.54. The maximum absolute atomic E-state index is 12.4. The van der Waals surface area contributed by atoms with Crippen molar-refractivity contribution >= 4 is 5.97 Å². The molecular formula is C22H20N6O3. The van der Waals surface area contributed by atoms with Crippen molar-refractivity contribution < 1.29 is 14.6 Å². The summed E-state index contributed by atoms with van der Waals surface area (Å²) in [7, 11) is 3.19. The lowest BCUT2D eigenvalue weighted by molar-refractivity contribution is 0.0599. The molecule has 1 aromatic carbocycles. The van der Waals surface area contributed by atoms with E-state index in [4.69, 9.17) is 9.72 Å². The lowest BCUT2D eigenvalue weighted by atomic mass is 10.1. The van der Waals surface area contributed by atoms with Crippen LogP contribution in [-0.4, -0.2) is 47.9 Å². The second-order valence-corrected chi connectivity index (χ2v) is 7.54. The monoisotopic (exact) mass is 416 g/mol. The molecule has 0 spiro atoms. The fraction of sp³-hybridized carbons (Fsp3) is 0.227. The number of phenolic OH excluding ortho intramolecular Hbond substituents is 1. The van der Waals surface area contributed by atoms with Crippen LogP contribution in [0.1, 0.15) is 40.0 Å². The van der Waals surface area contributed by atoms with E-state index in [2.05, 4.69) is 15.4 Å². The number of esters is 1. The van der Waals surface area contributed by atoms with Gasteiger partial charge in [0.05, 0.1) is 30.4 Å². The van der Waals surface area contributed by atoms with E-state index >= 15 is 0 Å². The summed E-state index contributed by atoms with van der Waals surface area (Å²) < 4.78 is 8.35. The number of carbonyl (C=O) groups is 1. The summed E-state index contributed by atoms with van der Waals surface area (Å²) in [5.74, 6) is 0.523. The van der Waals surface area contributed by atoms with Crippen molar-refractivity contribution in [1.29, 1.82) is 0 Å². The number of nitrogens with zero attached hydrogens (tertiary/aromatic N) is 6. The zero-order valence-corrected chi connectivity index (χ0v) is 17.0. The number of benzene rings is 1. The van der Waals surface area contributed by atoms with Crippen molar-refractivity contribution in [1.82, 2.24) is 29.8 Å². The molecule has 0 saturated heterocycles.